The van der Waals surface area contributed by atoms with Crippen LogP contribution in [0.3, 0.4) is 0 Å². The number of benzene rings is 2. The smallest absolute Gasteiger partial charge is 0.243 e. The highest BCUT2D eigenvalue weighted by molar-refractivity contribution is 5.95. The maximum absolute atomic E-state index is 13.1. The number of carbonyl (C=O) groups is 1. The summed E-state index contributed by atoms with van der Waals surface area (Å²) < 4.78 is 24.0. The van der Waals surface area contributed by atoms with E-state index in [0.717, 1.165) is 5.56 Å². The Balaban J connectivity index is 0.00000225. The molecule has 0 bridgehead atoms. The van der Waals surface area contributed by atoms with Gasteiger partial charge >= 0.3 is 0 Å². The van der Waals surface area contributed by atoms with Crippen LogP contribution in [0.4, 0.5) is 10.1 Å². The summed E-state index contributed by atoms with van der Waals surface area (Å²) in [7, 11) is 0. The SMILES string of the molecule is Cl.O=C(Nc1cccc(COc2cccc(F)c2)c1)C1COCCN1. The first-order valence-electron chi connectivity index (χ1n) is 7.80. The van der Waals surface area contributed by atoms with E-state index < -0.39 is 0 Å². The number of carbonyl (C=O) groups excluding carboxylic acids is 1. The lowest BCUT2D eigenvalue weighted by atomic mass is 10.2. The van der Waals surface area contributed by atoms with Gasteiger partial charge in [0.05, 0.1) is 13.2 Å². The molecule has 1 aliphatic rings. The lowest BCUT2D eigenvalue weighted by molar-refractivity contribution is -0.120. The van der Waals surface area contributed by atoms with Crippen molar-refractivity contribution in [2.45, 2.75) is 12.6 Å². The topological polar surface area (TPSA) is 59.6 Å². The van der Waals surface area contributed by atoms with E-state index in [0.29, 0.717) is 31.2 Å². The minimum Gasteiger partial charge on any atom is -0.489 e. The number of anilines is 1. The minimum absolute atomic E-state index is 0. The average molecular weight is 367 g/mol. The van der Waals surface area contributed by atoms with Crippen LogP contribution < -0.4 is 15.4 Å². The zero-order valence-corrected chi connectivity index (χ0v) is 14.4. The van der Waals surface area contributed by atoms with Crippen LogP contribution in [-0.2, 0) is 16.1 Å². The lowest BCUT2D eigenvalue weighted by Gasteiger charge is -2.23. The second kappa shape index (κ2) is 9.36. The van der Waals surface area contributed by atoms with Gasteiger partial charge in [-0.05, 0) is 29.8 Å². The normalized spacial score (nSPS) is 16.6. The summed E-state index contributed by atoms with van der Waals surface area (Å²) in [6.45, 7) is 1.95. The van der Waals surface area contributed by atoms with E-state index in [4.69, 9.17) is 9.47 Å². The summed E-state index contributed by atoms with van der Waals surface area (Å²) in [5, 5.41) is 5.97. The zero-order chi connectivity index (χ0) is 16.8. The first-order valence-corrected chi connectivity index (χ1v) is 7.80. The second-order valence-electron chi connectivity index (χ2n) is 5.52. The van der Waals surface area contributed by atoms with Crippen molar-refractivity contribution in [1.82, 2.24) is 5.32 Å². The van der Waals surface area contributed by atoms with Crippen LogP contribution in [0.5, 0.6) is 5.75 Å². The van der Waals surface area contributed by atoms with Crippen molar-refractivity contribution in [1.29, 1.82) is 0 Å². The molecule has 1 aliphatic heterocycles. The highest BCUT2D eigenvalue weighted by Gasteiger charge is 2.21. The van der Waals surface area contributed by atoms with Gasteiger partial charge in [0.25, 0.3) is 0 Å². The number of amides is 1. The van der Waals surface area contributed by atoms with E-state index in [-0.39, 0.29) is 36.8 Å². The highest BCUT2D eigenvalue weighted by atomic mass is 35.5. The maximum Gasteiger partial charge on any atom is 0.243 e. The van der Waals surface area contributed by atoms with Crippen LogP contribution >= 0.6 is 12.4 Å². The van der Waals surface area contributed by atoms with Crippen LogP contribution in [-0.4, -0.2) is 31.7 Å². The van der Waals surface area contributed by atoms with Gasteiger partial charge in [0.2, 0.25) is 5.91 Å². The second-order valence-corrected chi connectivity index (χ2v) is 5.52. The molecule has 25 heavy (non-hydrogen) atoms. The van der Waals surface area contributed by atoms with E-state index >= 15 is 0 Å². The number of rotatable bonds is 5. The fraction of sp³-hybridized carbons (Fsp3) is 0.278. The molecule has 2 aromatic rings. The van der Waals surface area contributed by atoms with Crippen LogP contribution in [0.15, 0.2) is 48.5 Å². The van der Waals surface area contributed by atoms with Gasteiger partial charge in [0.15, 0.2) is 0 Å². The summed E-state index contributed by atoms with van der Waals surface area (Å²) in [6.07, 6.45) is 0. The molecule has 134 valence electrons. The van der Waals surface area contributed by atoms with E-state index in [1.807, 2.05) is 24.3 Å². The molecule has 0 spiro atoms. The van der Waals surface area contributed by atoms with Crippen molar-refractivity contribution < 1.29 is 18.7 Å². The Kier molecular flexibility index (Phi) is 7.18. The van der Waals surface area contributed by atoms with E-state index in [2.05, 4.69) is 10.6 Å². The summed E-state index contributed by atoms with van der Waals surface area (Å²) >= 11 is 0. The standard InChI is InChI=1S/C18H19FN2O3.ClH/c19-14-4-2-6-16(10-14)24-11-13-3-1-5-15(9-13)21-18(22)17-12-23-8-7-20-17;/h1-6,9-10,17,20H,7-8,11-12H2,(H,21,22);1H. The highest BCUT2D eigenvalue weighted by Crippen LogP contribution is 2.16. The van der Waals surface area contributed by atoms with Crippen LogP contribution in [0.1, 0.15) is 5.56 Å². The molecule has 1 heterocycles. The predicted molar refractivity (Wildman–Crippen MR) is 95.7 cm³/mol. The molecule has 0 aromatic heterocycles. The molecule has 5 nitrogen and oxygen atoms in total. The molecule has 2 aromatic carbocycles. The average Bonchev–Trinajstić information content (AvgIpc) is 2.61. The molecule has 1 fully saturated rings. The van der Waals surface area contributed by atoms with Gasteiger partial charge in [0.1, 0.15) is 24.2 Å². The molecule has 1 amide bonds. The first-order chi connectivity index (χ1) is 11.7. The fourth-order valence-electron chi connectivity index (χ4n) is 2.43. The van der Waals surface area contributed by atoms with Crippen molar-refractivity contribution in [2.24, 2.45) is 0 Å². The molecule has 1 unspecified atom stereocenters. The Labute approximate surface area is 151 Å². The first kappa shape index (κ1) is 19.2. The number of hydrogen-bond acceptors (Lipinski definition) is 4. The predicted octanol–water partition coefficient (Wildman–Crippen LogP) is 2.75. The minimum atomic E-state index is -0.342. The van der Waals surface area contributed by atoms with E-state index in [1.165, 1.54) is 12.1 Å². The van der Waals surface area contributed by atoms with Gasteiger partial charge in [-0.15, -0.1) is 12.4 Å². The molecule has 0 aliphatic carbocycles. The Morgan fingerprint density at radius 2 is 2.12 bits per heavy atom. The molecule has 1 atom stereocenters. The van der Waals surface area contributed by atoms with Gasteiger partial charge in [0, 0.05) is 18.3 Å². The molecule has 3 rings (SSSR count). The van der Waals surface area contributed by atoms with E-state index in [1.54, 1.807) is 12.1 Å². The number of nitrogens with one attached hydrogen (secondary N) is 2. The van der Waals surface area contributed by atoms with Gasteiger partial charge in [-0.2, -0.15) is 0 Å². The Bertz CT molecular complexity index is 708. The van der Waals surface area contributed by atoms with Gasteiger partial charge < -0.3 is 20.1 Å². The van der Waals surface area contributed by atoms with Crippen molar-refractivity contribution >= 4 is 24.0 Å². The molecule has 0 saturated carbocycles. The molecule has 2 N–H and O–H groups in total. The molecular formula is C18H20ClFN2O3. The van der Waals surface area contributed by atoms with Crippen LogP contribution in [0.2, 0.25) is 0 Å². The van der Waals surface area contributed by atoms with E-state index in [9.17, 15) is 9.18 Å². The van der Waals surface area contributed by atoms with Gasteiger partial charge in [-0.1, -0.05) is 18.2 Å². The van der Waals surface area contributed by atoms with Gasteiger partial charge in [-0.25, -0.2) is 4.39 Å². The van der Waals surface area contributed by atoms with Crippen molar-refractivity contribution in [3.63, 3.8) is 0 Å². The Morgan fingerprint density at radius 1 is 1.28 bits per heavy atom. The van der Waals surface area contributed by atoms with Crippen molar-refractivity contribution in [3.8, 4) is 5.75 Å². The lowest BCUT2D eigenvalue weighted by Crippen LogP contribution is -2.48. The zero-order valence-electron chi connectivity index (χ0n) is 13.5. The largest absolute Gasteiger partial charge is 0.489 e. The molecule has 7 heteroatoms. The Hall–Kier alpha value is -2.15. The summed E-state index contributed by atoms with van der Waals surface area (Å²) in [5.74, 6) is 0.00149. The van der Waals surface area contributed by atoms with Gasteiger partial charge in [-0.3, -0.25) is 4.79 Å². The molecule has 1 saturated heterocycles. The van der Waals surface area contributed by atoms with Crippen LogP contribution in [0, 0.1) is 5.82 Å². The maximum atomic E-state index is 13.1. The summed E-state index contributed by atoms with van der Waals surface area (Å²) in [5.41, 5.74) is 1.57. The Morgan fingerprint density at radius 3 is 2.88 bits per heavy atom. The fourth-order valence-corrected chi connectivity index (χ4v) is 2.43. The molecule has 0 radical (unpaired) electrons. The summed E-state index contributed by atoms with van der Waals surface area (Å²) in [6, 6.07) is 13.0. The third-order valence-corrected chi connectivity index (χ3v) is 3.63. The monoisotopic (exact) mass is 366 g/mol. The third-order valence-electron chi connectivity index (χ3n) is 3.63. The van der Waals surface area contributed by atoms with Crippen molar-refractivity contribution in [3.05, 3.63) is 59.9 Å². The van der Waals surface area contributed by atoms with Crippen LogP contribution in [0.25, 0.3) is 0 Å². The van der Waals surface area contributed by atoms with Crippen molar-refractivity contribution in [2.75, 3.05) is 25.1 Å². The third kappa shape index (κ3) is 5.70. The quantitative estimate of drug-likeness (QED) is 0.854. The number of morpholine rings is 1. The number of halogens is 2. The summed E-state index contributed by atoms with van der Waals surface area (Å²) in [4.78, 5) is 12.2. The number of hydrogen-bond donors (Lipinski definition) is 2. The number of ether oxygens (including phenoxy) is 2. The molecular weight excluding hydrogens is 347 g/mol.